The Morgan fingerprint density at radius 1 is 1.19 bits per heavy atom. The number of ether oxygens (including phenoxy) is 2. The molecule has 5 nitrogen and oxygen atoms in total. The highest BCUT2D eigenvalue weighted by molar-refractivity contribution is 6.31. The van der Waals surface area contributed by atoms with Crippen LogP contribution < -0.4 is 9.47 Å². The van der Waals surface area contributed by atoms with Gasteiger partial charge in [0.25, 0.3) is 0 Å². The Kier molecular flexibility index (Phi) is 6.43. The molecule has 9 heteroatoms. The highest BCUT2D eigenvalue weighted by Gasteiger charge is 2.31. The summed E-state index contributed by atoms with van der Waals surface area (Å²) in [5.74, 6) is -0.149. The molecule has 0 amide bonds. The molecule has 0 saturated heterocycles. The zero-order chi connectivity index (χ0) is 20.2. The zero-order valence-corrected chi connectivity index (χ0v) is 15.1. The van der Waals surface area contributed by atoms with Gasteiger partial charge in [-0.1, -0.05) is 11.6 Å². The first kappa shape index (κ1) is 20.7. The SMILES string of the molecule is CC(=O)CC(=O)[C@@H](C)Oc1ccc(Oc2ncc(C(F)(F)F)cc2Cl)cc1. The second kappa shape index (κ2) is 8.39. The number of carbonyl (C=O) groups excluding carboxylic acids is 2. The van der Waals surface area contributed by atoms with Gasteiger partial charge in [0.15, 0.2) is 11.9 Å². The van der Waals surface area contributed by atoms with Gasteiger partial charge in [-0.15, -0.1) is 0 Å². The number of benzene rings is 1. The number of aromatic nitrogens is 1. The smallest absolute Gasteiger partial charge is 0.417 e. The molecule has 0 aliphatic rings. The van der Waals surface area contributed by atoms with Crippen molar-refractivity contribution in [3.63, 3.8) is 0 Å². The number of ketones is 2. The minimum atomic E-state index is -4.55. The number of hydrogen-bond donors (Lipinski definition) is 0. The Bertz CT molecular complexity index is 837. The van der Waals surface area contributed by atoms with Crippen LogP contribution in [0.5, 0.6) is 17.4 Å². The third-order valence-electron chi connectivity index (χ3n) is 3.36. The molecule has 1 heterocycles. The molecule has 2 rings (SSSR count). The predicted octanol–water partition coefficient (Wildman–Crippen LogP) is 4.86. The third kappa shape index (κ3) is 5.96. The van der Waals surface area contributed by atoms with Gasteiger partial charge >= 0.3 is 6.18 Å². The molecule has 2 aromatic rings. The second-order valence-corrected chi connectivity index (χ2v) is 6.09. The van der Waals surface area contributed by atoms with E-state index in [0.717, 1.165) is 6.07 Å². The van der Waals surface area contributed by atoms with Crippen LogP contribution in [0.3, 0.4) is 0 Å². The molecule has 0 saturated carbocycles. The third-order valence-corrected chi connectivity index (χ3v) is 3.63. The van der Waals surface area contributed by atoms with Gasteiger partial charge in [-0.25, -0.2) is 4.98 Å². The van der Waals surface area contributed by atoms with Gasteiger partial charge in [-0.3, -0.25) is 9.59 Å². The lowest BCUT2D eigenvalue weighted by Gasteiger charge is -2.14. The quantitative estimate of drug-likeness (QED) is 0.620. The van der Waals surface area contributed by atoms with Gasteiger partial charge in [-0.2, -0.15) is 13.2 Å². The van der Waals surface area contributed by atoms with E-state index in [1.165, 1.54) is 38.1 Å². The molecule has 27 heavy (non-hydrogen) atoms. The van der Waals surface area contributed by atoms with Crippen molar-refractivity contribution >= 4 is 23.2 Å². The average molecular weight is 402 g/mol. The maximum absolute atomic E-state index is 12.6. The summed E-state index contributed by atoms with van der Waals surface area (Å²) < 4.78 is 48.6. The van der Waals surface area contributed by atoms with Crippen LogP contribution in [-0.2, 0) is 15.8 Å². The van der Waals surface area contributed by atoms with E-state index in [9.17, 15) is 22.8 Å². The van der Waals surface area contributed by atoms with Gasteiger partial charge in [0.2, 0.25) is 5.88 Å². The first-order valence-electron chi connectivity index (χ1n) is 7.75. The summed E-state index contributed by atoms with van der Waals surface area (Å²) in [6.45, 7) is 2.85. The van der Waals surface area contributed by atoms with Crippen molar-refractivity contribution in [3.05, 3.63) is 47.1 Å². The lowest BCUT2D eigenvalue weighted by Crippen LogP contribution is -2.25. The summed E-state index contributed by atoms with van der Waals surface area (Å²) >= 11 is 5.78. The Morgan fingerprint density at radius 3 is 2.30 bits per heavy atom. The molecule has 0 bridgehead atoms. The molecule has 0 aliphatic heterocycles. The van der Waals surface area contributed by atoms with Crippen molar-refractivity contribution in [2.24, 2.45) is 0 Å². The van der Waals surface area contributed by atoms with Gasteiger partial charge in [0, 0.05) is 6.20 Å². The van der Waals surface area contributed by atoms with Crippen LogP contribution >= 0.6 is 11.6 Å². The van der Waals surface area contributed by atoms with Gasteiger partial charge in [0.05, 0.1) is 12.0 Å². The van der Waals surface area contributed by atoms with E-state index in [2.05, 4.69) is 4.98 Å². The number of pyridine rings is 1. The summed E-state index contributed by atoms with van der Waals surface area (Å²) in [5.41, 5.74) is -0.979. The van der Waals surface area contributed by atoms with Crippen LogP contribution in [0, 0.1) is 0 Å². The normalized spacial score (nSPS) is 12.4. The monoisotopic (exact) mass is 401 g/mol. The van der Waals surface area contributed by atoms with Crippen LogP contribution in [0.4, 0.5) is 13.2 Å². The lowest BCUT2D eigenvalue weighted by atomic mass is 10.1. The Hall–Kier alpha value is -2.61. The minimum absolute atomic E-state index is 0.177. The molecule has 1 aromatic heterocycles. The van der Waals surface area contributed by atoms with Crippen molar-refractivity contribution in [2.75, 3.05) is 0 Å². The number of rotatable bonds is 7. The Balaban J connectivity index is 2.04. The molecular formula is C18H15ClF3NO4. The molecule has 144 valence electrons. The summed E-state index contributed by atoms with van der Waals surface area (Å²) in [5, 5.41) is -0.284. The fraction of sp³-hybridized carbons (Fsp3) is 0.278. The molecule has 0 radical (unpaired) electrons. The summed E-state index contributed by atoms with van der Waals surface area (Å²) in [6, 6.07) is 6.69. The molecule has 0 spiro atoms. The van der Waals surface area contributed by atoms with E-state index in [0.29, 0.717) is 11.9 Å². The van der Waals surface area contributed by atoms with Crippen molar-refractivity contribution < 1.29 is 32.2 Å². The predicted molar refractivity (Wildman–Crippen MR) is 91.2 cm³/mol. The molecule has 1 atom stereocenters. The van der Waals surface area contributed by atoms with Crippen molar-refractivity contribution in [1.29, 1.82) is 0 Å². The maximum atomic E-state index is 12.6. The number of nitrogens with zero attached hydrogens (tertiary/aromatic N) is 1. The number of hydrogen-bond acceptors (Lipinski definition) is 5. The van der Waals surface area contributed by atoms with Crippen molar-refractivity contribution in [3.8, 4) is 17.4 Å². The first-order chi connectivity index (χ1) is 12.6. The highest BCUT2D eigenvalue weighted by atomic mass is 35.5. The average Bonchev–Trinajstić information content (AvgIpc) is 2.56. The number of halogens is 4. The lowest BCUT2D eigenvalue weighted by molar-refractivity contribution is -0.138. The van der Waals surface area contributed by atoms with Crippen molar-refractivity contribution in [1.82, 2.24) is 4.98 Å². The van der Waals surface area contributed by atoms with Crippen LogP contribution in [0.2, 0.25) is 5.02 Å². The maximum Gasteiger partial charge on any atom is 0.417 e. The van der Waals surface area contributed by atoms with E-state index in [1.807, 2.05) is 0 Å². The molecule has 0 N–H and O–H groups in total. The second-order valence-electron chi connectivity index (χ2n) is 5.69. The number of alkyl halides is 3. The fourth-order valence-corrected chi connectivity index (χ4v) is 2.22. The van der Waals surface area contributed by atoms with Gasteiger partial charge in [-0.05, 0) is 44.2 Å². The van der Waals surface area contributed by atoms with Crippen LogP contribution in [0.15, 0.2) is 36.5 Å². The molecule has 0 aliphatic carbocycles. The first-order valence-corrected chi connectivity index (χ1v) is 8.13. The molecule has 0 unspecified atom stereocenters. The van der Waals surface area contributed by atoms with Crippen LogP contribution in [-0.4, -0.2) is 22.7 Å². The molecule has 0 fully saturated rings. The van der Waals surface area contributed by atoms with E-state index in [4.69, 9.17) is 21.1 Å². The van der Waals surface area contributed by atoms with Gasteiger partial charge < -0.3 is 9.47 Å². The molecular weight excluding hydrogens is 387 g/mol. The highest BCUT2D eigenvalue weighted by Crippen LogP contribution is 2.34. The van der Waals surface area contributed by atoms with E-state index in [1.54, 1.807) is 0 Å². The number of carbonyl (C=O) groups is 2. The summed E-state index contributed by atoms with van der Waals surface area (Å²) in [6.07, 6.45) is -4.93. The molecule has 1 aromatic carbocycles. The van der Waals surface area contributed by atoms with E-state index < -0.39 is 17.8 Å². The largest absolute Gasteiger partial charge is 0.483 e. The Morgan fingerprint density at radius 2 is 1.78 bits per heavy atom. The Labute approximate surface area is 158 Å². The standard InChI is InChI=1S/C18H15ClF3NO4/c1-10(24)7-16(25)11(2)26-13-3-5-14(6-4-13)27-17-15(19)8-12(9-23-17)18(20,21)22/h3-6,8-9,11H,7H2,1-2H3/t11-/m1/s1. The summed E-state index contributed by atoms with van der Waals surface area (Å²) in [4.78, 5) is 26.3. The van der Waals surface area contributed by atoms with Crippen LogP contribution in [0.25, 0.3) is 0 Å². The van der Waals surface area contributed by atoms with Crippen molar-refractivity contribution in [2.45, 2.75) is 32.5 Å². The van der Waals surface area contributed by atoms with E-state index in [-0.39, 0.29) is 34.6 Å². The topological polar surface area (TPSA) is 65.5 Å². The fourth-order valence-electron chi connectivity index (χ4n) is 2.01. The summed E-state index contributed by atoms with van der Waals surface area (Å²) in [7, 11) is 0. The van der Waals surface area contributed by atoms with E-state index >= 15 is 0 Å². The van der Waals surface area contributed by atoms with Crippen LogP contribution in [0.1, 0.15) is 25.8 Å². The number of Topliss-reactive ketones (excluding diaryl/α,β-unsaturated/α-hetero) is 2. The zero-order valence-electron chi connectivity index (χ0n) is 14.3. The minimum Gasteiger partial charge on any atom is -0.483 e. The van der Waals surface area contributed by atoms with Gasteiger partial charge in [0.1, 0.15) is 22.3 Å².